The van der Waals surface area contributed by atoms with Crippen molar-refractivity contribution in [2.45, 2.75) is 24.4 Å². The smallest absolute Gasteiger partial charge is 0.240 e. The lowest BCUT2D eigenvalue weighted by molar-refractivity contribution is 0.406. The minimum atomic E-state index is -3.43. The zero-order valence-corrected chi connectivity index (χ0v) is 14.4. The number of sulfonamides is 1. The number of nitrogens with one attached hydrogen (secondary N) is 2. The number of ether oxygens (including phenoxy) is 1. The first-order valence-electron chi connectivity index (χ1n) is 7.36. The molecule has 0 unspecified atom stereocenters. The summed E-state index contributed by atoms with van der Waals surface area (Å²) in [6, 6.07) is 14.8. The fourth-order valence-electron chi connectivity index (χ4n) is 2.30. The van der Waals surface area contributed by atoms with Gasteiger partial charge < -0.3 is 10.1 Å². The standard InChI is InChI=1S/C17H22N2O3S/c1-13(19-12-15-7-4-5-10-17(15)22-3)14-8-6-9-16(11-14)23(20,21)18-2/h4-11,13,18-19H,12H2,1-3H3/t13-/m0/s1. The van der Waals surface area contributed by atoms with E-state index in [0.717, 1.165) is 16.9 Å². The lowest BCUT2D eigenvalue weighted by Crippen LogP contribution is -2.21. The van der Waals surface area contributed by atoms with Crippen molar-refractivity contribution in [3.8, 4) is 5.75 Å². The van der Waals surface area contributed by atoms with E-state index in [2.05, 4.69) is 10.0 Å². The summed E-state index contributed by atoms with van der Waals surface area (Å²) >= 11 is 0. The Kier molecular flexibility index (Phi) is 5.76. The Morgan fingerprint density at radius 1 is 1.13 bits per heavy atom. The minimum absolute atomic E-state index is 0.00641. The van der Waals surface area contributed by atoms with Crippen LogP contribution in [-0.4, -0.2) is 22.6 Å². The predicted molar refractivity (Wildman–Crippen MR) is 90.9 cm³/mol. The van der Waals surface area contributed by atoms with Crippen molar-refractivity contribution in [3.05, 3.63) is 59.7 Å². The molecule has 0 saturated heterocycles. The Labute approximate surface area is 137 Å². The third-order valence-corrected chi connectivity index (χ3v) is 5.14. The molecule has 5 nitrogen and oxygen atoms in total. The number of rotatable bonds is 7. The molecule has 0 aromatic heterocycles. The van der Waals surface area contributed by atoms with Gasteiger partial charge in [-0.1, -0.05) is 30.3 Å². The quantitative estimate of drug-likeness (QED) is 0.816. The summed E-state index contributed by atoms with van der Waals surface area (Å²) < 4.78 is 31.4. The van der Waals surface area contributed by atoms with Crippen LogP contribution in [0.25, 0.3) is 0 Å². The number of hydrogen-bond acceptors (Lipinski definition) is 4. The van der Waals surface area contributed by atoms with Gasteiger partial charge in [0.15, 0.2) is 0 Å². The van der Waals surface area contributed by atoms with Crippen LogP contribution in [0.2, 0.25) is 0 Å². The van der Waals surface area contributed by atoms with Crippen LogP contribution in [0.4, 0.5) is 0 Å². The molecule has 0 bridgehead atoms. The molecule has 0 amide bonds. The van der Waals surface area contributed by atoms with Gasteiger partial charge in [0.2, 0.25) is 10.0 Å². The van der Waals surface area contributed by atoms with Crippen molar-refractivity contribution < 1.29 is 13.2 Å². The van der Waals surface area contributed by atoms with Gasteiger partial charge in [0.25, 0.3) is 0 Å². The fourth-order valence-corrected chi connectivity index (χ4v) is 3.08. The maximum Gasteiger partial charge on any atom is 0.240 e. The molecule has 124 valence electrons. The summed E-state index contributed by atoms with van der Waals surface area (Å²) in [5, 5.41) is 3.39. The van der Waals surface area contributed by atoms with Gasteiger partial charge in [-0.05, 0) is 37.7 Å². The molecule has 0 saturated carbocycles. The number of para-hydroxylation sites is 1. The van der Waals surface area contributed by atoms with E-state index < -0.39 is 10.0 Å². The van der Waals surface area contributed by atoms with Gasteiger partial charge in [-0.15, -0.1) is 0 Å². The molecule has 2 N–H and O–H groups in total. The van der Waals surface area contributed by atoms with E-state index in [4.69, 9.17) is 4.74 Å². The summed E-state index contributed by atoms with van der Waals surface area (Å²) in [6.07, 6.45) is 0. The predicted octanol–water partition coefficient (Wildman–Crippen LogP) is 2.45. The van der Waals surface area contributed by atoms with E-state index in [9.17, 15) is 8.42 Å². The highest BCUT2D eigenvalue weighted by Gasteiger charge is 2.14. The van der Waals surface area contributed by atoms with Crippen molar-refractivity contribution in [1.82, 2.24) is 10.0 Å². The van der Waals surface area contributed by atoms with Gasteiger partial charge in [0.05, 0.1) is 12.0 Å². The Balaban J connectivity index is 2.12. The van der Waals surface area contributed by atoms with Crippen molar-refractivity contribution in [2.24, 2.45) is 0 Å². The molecule has 23 heavy (non-hydrogen) atoms. The molecular weight excluding hydrogens is 312 g/mol. The van der Waals surface area contributed by atoms with Crippen LogP contribution in [0.5, 0.6) is 5.75 Å². The van der Waals surface area contributed by atoms with Gasteiger partial charge in [-0.2, -0.15) is 0 Å². The fraction of sp³-hybridized carbons (Fsp3) is 0.294. The molecule has 0 radical (unpaired) electrons. The molecule has 2 aromatic rings. The highest BCUT2D eigenvalue weighted by atomic mass is 32.2. The summed E-state index contributed by atoms with van der Waals surface area (Å²) in [7, 11) is -0.375. The second kappa shape index (κ2) is 7.59. The average Bonchev–Trinajstić information content (AvgIpc) is 2.60. The summed E-state index contributed by atoms with van der Waals surface area (Å²) in [6.45, 7) is 2.63. The molecule has 2 rings (SSSR count). The first kappa shape index (κ1) is 17.5. The lowest BCUT2D eigenvalue weighted by atomic mass is 10.1. The van der Waals surface area contributed by atoms with Gasteiger partial charge in [-0.25, -0.2) is 13.1 Å². The first-order chi connectivity index (χ1) is 11.0. The van der Waals surface area contributed by atoms with Gasteiger partial charge >= 0.3 is 0 Å². The van der Waals surface area contributed by atoms with Gasteiger partial charge in [0, 0.05) is 18.2 Å². The van der Waals surface area contributed by atoms with Crippen LogP contribution in [0.3, 0.4) is 0 Å². The zero-order chi connectivity index (χ0) is 16.9. The Hall–Kier alpha value is -1.89. The highest BCUT2D eigenvalue weighted by Crippen LogP contribution is 2.20. The molecule has 0 aliphatic heterocycles. The van der Waals surface area contributed by atoms with Gasteiger partial charge in [0.1, 0.15) is 5.75 Å². The van der Waals surface area contributed by atoms with Crippen LogP contribution in [0.1, 0.15) is 24.1 Å². The van der Waals surface area contributed by atoms with Crippen molar-refractivity contribution >= 4 is 10.0 Å². The summed E-state index contributed by atoms with van der Waals surface area (Å²) in [5.74, 6) is 0.832. The Morgan fingerprint density at radius 3 is 2.57 bits per heavy atom. The monoisotopic (exact) mass is 334 g/mol. The summed E-state index contributed by atoms with van der Waals surface area (Å²) in [5.41, 5.74) is 1.97. The first-order valence-corrected chi connectivity index (χ1v) is 8.85. The summed E-state index contributed by atoms with van der Waals surface area (Å²) in [4.78, 5) is 0.267. The van der Waals surface area contributed by atoms with Crippen LogP contribution < -0.4 is 14.8 Å². The average molecular weight is 334 g/mol. The van der Waals surface area contributed by atoms with Crippen molar-refractivity contribution in [3.63, 3.8) is 0 Å². The van der Waals surface area contributed by atoms with Crippen molar-refractivity contribution in [1.29, 1.82) is 0 Å². The second-order valence-electron chi connectivity index (χ2n) is 5.19. The topological polar surface area (TPSA) is 67.4 Å². The van der Waals surface area contributed by atoms with Crippen LogP contribution in [-0.2, 0) is 16.6 Å². The molecule has 2 aromatic carbocycles. The molecule has 0 fully saturated rings. The molecule has 6 heteroatoms. The van der Waals surface area contributed by atoms with Crippen molar-refractivity contribution in [2.75, 3.05) is 14.2 Å². The second-order valence-corrected chi connectivity index (χ2v) is 7.08. The molecule has 0 heterocycles. The molecular formula is C17H22N2O3S. The normalized spacial score (nSPS) is 12.8. The third-order valence-electron chi connectivity index (χ3n) is 3.73. The Bertz CT molecular complexity index is 760. The minimum Gasteiger partial charge on any atom is -0.496 e. The molecule has 0 spiro atoms. The maximum absolute atomic E-state index is 11.9. The third kappa shape index (κ3) is 4.31. The van der Waals surface area contributed by atoms with E-state index in [1.54, 1.807) is 25.3 Å². The number of benzene rings is 2. The van der Waals surface area contributed by atoms with Crippen LogP contribution >= 0.6 is 0 Å². The van der Waals surface area contributed by atoms with E-state index >= 15 is 0 Å². The zero-order valence-electron chi connectivity index (χ0n) is 13.5. The lowest BCUT2D eigenvalue weighted by Gasteiger charge is -2.16. The SMILES string of the molecule is CNS(=O)(=O)c1cccc([C@H](C)NCc2ccccc2OC)c1. The molecule has 0 aliphatic rings. The van der Waals surface area contributed by atoms with Crippen LogP contribution in [0.15, 0.2) is 53.4 Å². The number of methoxy groups -OCH3 is 1. The maximum atomic E-state index is 11.9. The Morgan fingerprint density at radius 2 is 1.87 bits per heavy atom. The van der Waals surface area contributed by atoms with E-state index in [1.165, 1.54) is 7.05 Å². The van der Waals surface area contributed by atoms with Crippen LogP contribution in [0, 0.1) is 0 Å². The van der Waals surface area contributed by atoms with E-state index in [-0.39, 0.29) is 10.9 Å². The van der Waals surface area contributed by atoms with E-state index in [1.807, 2.05) is 37.3 Å². The van der Waals surface area contributed by atoms with E-state index in [0.29, 0.717) is 6.54 Å². The number of hydrogen-bond donors (Lipinski definition) is 2. The molecule has 0 aliphatic carbocycles. The molecule has 1 atom stereocenters. The highest BCUT2D eigenvalue weighted by molar-refractivity contribution is 7.89. The largest absolute Gasteiger partial charge is 0.496 e. The van der Waals surface area contributed by atoms with Gasteiger partial charge in [-0.3, -0.25) is 0 Å².